The molecule has 0 spiro atoms. The zero-order valence-corrected chi connectivity index (χ0v) is 9.48. The first-order valence-corrected chi connectivity index (χ1v) is 5.61. The van der Waals surface area contributed by atoms with Gasteiger partial charge in [-0.2, -0.15) is 0 Å². The quantitative estimate of drug-likeness (QED) is 0.804. The summed E-state index contributed by atoms with van der Waals surface area (Å²) < 4.78 is 5.11. The molecule has 0 aliphatic carbocycles. The Morgan fingerprint density at radius 1 is 1.62 bits per heavy atom. The minimum absolute atomic E-state index is 0.0505. The van der Waals surface area contributed by atoms with Crippen molar-refractivity contribution in [3.63, 3.8) is 0 Å². The summed E-state index contributed by atoms with van der Waals surface area (Å²) in [5, 5.41) is 0. The Kier molecular flexibility index (Phi) is 3.24. The predicted octanol–water partition coefficient (Wildman–Crippen LogP) is 0.794. The Labute approximate surface area is 94.6 Å². The molecule has 16 heavy (non-hydrogen) atoms. The van der Waals surface area contributed by atoms with Gasteiger partial charge < -0.3 is 15.1 Å². The SMILES string of the molecule is Cc1ncoc1C(=O)N1CCC(CN)CC1. The van der Waals surface area contributed by atoms with E-state index in [9.17, 15) is 4.79 Å². The third-order valence-electron chi connectivity index (χ3n) is 3.17. The van der Waals surface area contributed by atoms with E-state index in [0.29, 0.717) is 23.9 Å². The van der Waals surface area contributed by atoms with Crippen LogP contribution in [-0.4, -0.2) is 35.4 Å². The van der Waals surface area contributed by atoms with E-state index in [1.54, 1.807) is 6.92 Å². The molecule has 1 saturated heterocycles. The van der Waals surface area contributed by atoms with Crippen LogP contribution in [0, 0.1) is 12.8 Å². The monoisotopic (exact) mass is 223 g/mol. The number of hydrogen-bond donors (Lipinski definition) is 1. The van der Waals surface area contributed by atoms with Crippen LogP contribution < -0.4 is 5.73 Å². The van der Waals surface area contributed by atoms with Crippen LogP contribution >= 0.6 is 0 Å². The van der Waals surface area contributed by atoms with E-state index in [1.807, 2.05) is 4.90 Å². The van der Waals surface area contributed by atoms with Gasteiger partial charge in [0.2, 0.25) is 5.76 Å². The van der Waals surface area contributed by atoms with Crippen molar-refractivity contribution < 1.29 is 9.21 Å². The van der Waals surface area contributed by atoms with Crippen molar-refractivity contribution in [3.8, 4) is 0 Å². The molecule has 0 aromatic carbocycles. The summed E-state index contributed by atoms with van der Waals surface area (Å²) in [5.41, 5.74) is 6.27. The van der Waals surface area contributed by atoms with Gasteiger partial charge in [0.1, 0.15) is 0 Å². The largest absolute Gasteiger partial charge is 0.438 e. The van der Waals surface area contributed by atoms with Crippen LogP contribution in [0.5, 0.6) is 0 Å². The number of rotatable bonds is 2. The first kappa shape index (κ1) is 11.1. The lowest BCUT2D eigenvalue weighted by Crippen LogP contribution is -2.40. The lowest BCUT2D eigenvalue weighted by Gasteiger charge is -2.30. The number of aromatic nitrogens is 1. The third kappa shape index (κ3) is 2.09. The Morgan fingerprint density at radius 2 is 2.31 bits per heavy atom. The van der Waals surface area contributed by atoms with Gasteiger partial charge in [-0.15, -0.1) is 0 Å². The number of carbonyl (C=O) groups is 1. The fourth-order valence-electron chi connectivity index (χ4n) is 2.02. The number of hydrogen-bond acceptors (Lipinski definition) is 4. The van der Waals surface area contributed by atoms with Gasteiger partial charge in [-0.1, -0.05) is 0 Å². The van der Waals surface area contributed by atoms with Crippen molar-refractivity contribution in [2.24, 2.45) is 11.7 Å². The molecule has 1 amide bonds. The van der Waals surface area contributed by atoms with Gasteiger partial charge in [-0.3, -0.25) is 4.79 Å². The maximum absolute atomic E-state index is 12.0. The molecule has 0 saturated carbocycles. The summed E-state index contributed by atoms with van der Waals surface area (Å²) in [4.78, 5) is 17.8. The van der Waals surface area contributed by atoms with Gasteiger partial charge in [0, 0.05) is 13.1 Å². The van der Waals surface area contributed by atoms with Crippen LogP contribution in [0.2, 0.25) is 0 Å². The first-order chi connectivity index (χ1) is 7.72. The van der Waals surface area contributed by atoms with Gasteiger partial charge in [-0.25, -0.2) is 4.98 Å². The lowest BCUT2D eigenvalue weighted by molar-refractivity contribution is 0.0660. The van der Waals surface area contributed by atoms with Gasteiger partial charge in [0.25, 0.3) is 5.91 Å². The molecular weight excluding hydrogens is 206 g/mol. The second-order valence-corrected chi connectivity index (χ2v) is 4.24. The molecule has 0 unspecified atom stereocenters. The summed E-state index contributed by atoms with van der Waals surface area (Å²) >= 11 is 0. The summed E-state index contributed by atoms with van der Waals surface area (Å²) in [6.45, 7) is 4.02. The van der Waals surface area contributed by atoms with Crippen molar-refractivity contribution in [1.29, 1.82) is 0 Å². The van der Waals surface area contributed by atoms with E-state index in [4.69, 9.17) is 10.2 Å². The Morgan fingerprint density at radius 3 is 2.81 bits per heavy atom. The van der Waals surface area contributed by atoms with Gasteiger partial charge in [0.05, 0.1) is 5.69 Å². The minimum atomic E-state index is -0.0505. The van der Waals surface area contributed by atoms with Crippen LogP contribution in [0.3, 0.4) is 0 Å². The number of piperidine rings is 1. The van der Waals surface area contributed by atoms with E-state index in [0.717, 1.165) is 25.9 Å². The van der Waals surface area contributed by atoms with E-state index < -0.39 is 0 Å². The maximum atomic E-state index is 12.0. The summed E-state index contributed by atoms with van der Waals surface area (Å²) in [6.07, 6.45) is 3.28. The average molecular weight is 223 g/mol. The molecule has 1 aliphatic heterocycles. The molecule has 2 N–H and O–H groups in total. The molecule has 2 heterocycles. The Bertz CT molecular complexity index is 367. The van der Waals surface area contributed by atoms with Crippen LogP contribution in [0.25, 0.3) is 0 Å². The standard InChI is InChI=1S/C11H17N3O2/c1-8-10(16-7-13-8)11(15)14-4-2-9(6-12)3-5-14/h7,9H,2-6,12H2,1H3. The Hall–Kier alpha value is -1.36. The van der Waals surface area contributed by atoms with Crippen LogP contribution in [-0.2, 0) is 0 Å². The van der Waals surface area contributed by atoms with Crippen molar-refractivity contribution in [3.05, 3.63) is 17.8 Å². The number of nitrogens with two attached hydrogens (primary N) is 1. The van der Waals surface area contributed by atoms with E-state index >= 15 is 0 Å². The van der Waals surface area contributed by atoms with Gasteiger partial charge in [-0.05, 0) is 32.2 Å². The number of nitrogens with zero attached hydrogens (tertiary/aromatic N) is 2. The highest BCUT2D eigenvalue weighted by Crippen LogP contribution is 2.18. The highest BCUT2D eigenvalue weighted by atomic mass is 16.3. The second kappa shape index (κ2) is 4.65. The smallest absolute Gasteiger partial charge is 0.291 e. The number of aryl methyl sites for hydroxylation is 1. The zero-order chi connectivity index (χ0) is 11.5. The summed E-state index contributed by atoms with van der Waals surface area (Å²) in [5.74, 6) is 0.872. The molecule has 1 fully saturated rings. The molecule has 2 rings (SSSR count). The van der Waals surface area contributed by atoms with Gasteiger partial charge in [0.15, 0.2) is 6.39 Å². The number of likely N-dealkylation sites (tertiary alicyclic amines) is 1. The number of oxazole rings is 1. The van der Waals surface area contributed by atoms with Crippen molar-refractivity contribution in [2.45, 2.75) is 19.8 Å². The van der Waals surface area contributed by atoms with Crippen molar-refractivity contribution in [2.75, 3.05) is 19.6 Å². The summed E-state index contributed by atoms with van der Waals surface area (Å²) in [6, 6.07) is 0. The van der Waals surface area contributed by atoms with E-state index in [-0.39, 0.29) is 5.91 Å². The highest BCUT2D eigenvalue weighted by Gasteiger charge is 2.25. The third-order valence-corrected chi connectivity index (χ3v) is 3.17. The fourth-order valence-corrected chi connectivity index (χ4v) is 2.02. The number of amides is 1. The van der Waals surface area contributed by atoms with Crippen LogP contribution in [0.15, 0.2) is 10.8 Å². The molecule has 0 radical (unpaired) electrons. The maximum Gasteiger partial charge on any atom is 0.291 e. The molecule has 0 bridgehead atoms. The molecule has 88 valence electrons. The second-order valence-electron chi connectivity index (χ2n) is 4.24. The molecular formula is C11H17N3O2. The van der Waals surface area contributed by atoms with Gasteiger partial charge >= 0.3 is 0 Å². The molecule has 5 heteroatoms. The van der Waals surface area contributed by atoms with Crippen LogP contribution in [0.1, 0.15) is 29.1 Å². The first-order valence-electron chi connectivity index (χ1n) is 5.61. The molecule has 0 atom stereocenters. The fraction of sp³-hybridized carbons (Fsp3) is 0.636. The molecule has 5 nitrogen and oxygen atoms in total. The highest BCUT2D eigenvalue weighted by molar-refractivity contribution is 5.92. The van der Waals surface area contributed by atoms with E-state index in [2.05, 4.69) is 4.98 Å². The average Bonchev–Trinajstić information content (AvgIpc) is 2.75. The van der Waals surface area contributed by atoms with Crippen LogP contribution in [0.4, 0.5) is 0 Å². The number of carbonyl (C=O) groups excluding carboxylic acids is 1. The predicted molar refractivity (Wildman–Crippen MR) is 58.9 cm³/mol. The lowest BCUT2D eigenvalue weighted by atomic mass is 9.97. The minimum Gasteiger partial charge on any atom is -0.438 e. The van der Waals surface area contributed by atoms with E-state index in [1.165, 1.54) is 6.39 Å². The molecule has 1 aromatic rings. The topological polar surface area (TPSA) is 72.4 Å². The Balaban J connectivity index is 2.00. The van der Waals surface area contributed by atoms with Crippen molar-refractivity contribution in [1.82, 2.24) is 9.88 Å². The normalized spacial score (nSPS) is 17.8. The van der Waals surface area contributed by atoms with Crippen molar-refractivity contribution >= 4 is 5.91 Å². The zero-order valence-electron chi connectivity index (χ0n) is 9.48. The summed E-state index contributed by atoms with van der Waals surface area (Å²) in [7, 11) is 0. The molecule has 1 aliphatic rings. The molecule has 1 aromatic heterocycles.